The quantitative estimate of drug-likeness (QED) is 0.716. The number of benzene rings is 2. The predicted octanol–water partition coefficient (Wildman–Crippen LogP) is 4.71. The second kappa shape index (κ2) is 8.33. The van der Waals surface area contributed by atoms with Crippen molar-refractivity contribution in [3.8, 4) is 0 Å². The lowest BCUT2D eigenvalue weighted by molar-refractivity contribution is -0.0329. The maximum absolute atomic E-state index is 5.96. The van der Waals surface area contributed by atoms with Crippen LogP contribution in [0, 0.1) is 6.92 Å². The van der Waals surface area contributed by atoms with Crippen LogP contribution in [-0.2, 0) is 11.3 Å². The van der Waals surface area contributed by atoms with E-state index in [1.165, 1.54) is 16.7 Å². The van der Waals surface area contributed by atoms with Crippen LogP contribution in [0.5, 0.6) is 0 Å². The molecular formula is C23H25N3O. The van der Waals surface area contributed by atoms with Crippen LogP contribution < -0.4 is 5.32 Å². The van der Waals surface area contributed by atoms with E-state index in [4.69, 9.17) is 4.74 Å². The molecule has 27 heavy (non-hydrogen) atoms. The zero-order valence-electron chi connectivity index (χ0n) is 15.6. The second-order valence-corrected chi connectivity index (χ2v) is 7.05. The van der Waals surface area contributed by atoms with Gasteiger partial charge in [-0.25, -0.2) is 4.98 Å². The third-order valence-electron chi connectivity index (χ3n) is 4.84. The summed E-state index contributed by atoms with van der Waals surface area (Å²) < 4.78 is 5.96. The van der Waals surface area contributed by atoms with E-state index >= 15 is 0 Å². The first kappa shape index (κ1) is 17.7. The van der Waals surface area contributed by atoms with Gasteiger partial charge in [0.2, 0.25) is 0 Å². The van der Waals surface area contributed by atoms with Crippen LogP contribution in [0.25, 0.3) is 0 Å². The van der Waals surface area contributed by atoms with Crippen molar-refractivity contribution in [2.24, 2.45) is 0 Å². The summed E-state index contributed by atoms with van der Waals surface area (Å²) >= 11 is 0. The van der Waals surface area contributed by atoms with Gasteiger partial charge in [0.25, 0.3) is 0 Å². The molecule has 0 aliphatic carbocycles. The van der Waals surface area contributed by atoms with Gasteiger partial charge in [0.05, 0.1) is 12.7 Å². The lowest BCUT2D eigenvalue weighted by Crippen LogP contribution is -2.37. The molecule has 1 fully saturated rings. The summed E-state index contributed by atoms with van der Waals surface area (Å²) in [6.07, 6.45) is 2.11. The highest BCUT2D eigenvalue weighted by Gasteiger charge is 2.21. The topological polar surface area (TPSA) is 37.4 Å². The van der Waals surface area contributed by atoms with Crippen LogP contribution in [0.4, 0.5) is 11.5 Å². The standard InChI is InChI=1S/C23H25N3O/c1-18-6-5-9-21(14-18)25-23-11-10-19(15-24-23)16-26-12-13-27-22(17-26)20-7-3-2-4-8-20/h2-11,14-15,22H,12-13,16-17H2,1H3,(H,24,25)/t22-/m1/s1. The Labute approximate surface area is 160 Å². The molecule has 1 atom stereocenters. The molecule has 1 aromatic heterocycles. The van der Waals surface area contributed by atoms with Gasteiger partial charge in [-0.1, -0.05) is 48.5 Å². The van der Waals surface area contributed by atoms with E-state index in [9.17, 15) is 0 Å². The summed E-state index contributed by atoms with van der Waals surface area (Å²) in [7, 11) is 0. The van der Waals surface area contributed by atoms with Crippen LogP contribution in [0.2, 0.25) is 0 Å². The van der Waals surface area contributed by atoms with Crippen LogP contribution in [0.3, 0.4) is 0 Å². The maximum atomic E-state index is 5.96. The van der Waals surface area contributed by atoms with E-state index in [1.807, 2.05) is 24.4 Å². The minimum Gasteiger partial charge on any atom is -0.371 e. The van der Waals surface area contributed by atoms with Gasteiger partial charge >= 0.3 is 0 Å². The Bertz CT molecular complexity index is 864. The Kier molecular flexibility index (Phi) is 5.47. The summed E-state index contributed by atoms with van der Waals surface area (Å²) in [5, 5.41) is 3.36. The molecule has 2 aromatic carbocycles. The van der Waals surface area contributed by atoms with Crippen molar-refractivity contribution in [3.63, 3.8) is 0 Å². The molecule has 0 bridgehead atoms. The number of hydrogen-bond donors (Lipinski definition) is 1. The molecule has 0 amide bonds. The van der Waals surface area contributed by atoms with E-state index in [0.717, 1.165) is 37.7 Å². The van der Waals surface area contributed by atoms with Crippen molar-refractivity contribution in [1.29, 1.82) is 0 Å². The van der Waals surface area contributed by atoms with E-state index in [2.05, 4.69) is 70.7 Å². The summed E-state index contributed by atoms with van der Waals surface area (Å²) in [4.78, 5) is 7.01. The zero-order valence-corrected chi connectivity index (χ0v) is 15.6. The molecule has 1 aliphatic heterocycles. The molecule has 3 aromatic rings. The van der Waals surface area contributed by atoms with Crippen LogP contribution in [0.15, 0.2) is 72.9 Å². The molecule has 4 nitrogen and oxygen atoms in total. The Balaban J connectivity index is 1.36. The minimum absolute atomic E-state index is 0.148. The van der Waals surface area contributed by atoms with Crippen molar-refractivity contribution in [1.82, 2.24) is 9.88 Å². The number of ether oxygens (including phenoxy) is 1. The van der Waals surface area contributed by atoms with Gasteiger partial charge in [0, 0.05) is 31.5 Å². The molecule has 1 saturated heterocycles. The Morgan fingerprint density at radius 3 is 2.74 bits per heavy atom. The smallest absolute Gasteiger partial charge is 0.130 e. The molecule has 4 rings (SSSR count). The number of anilines is 2. The van der Waals surface area contributed by atoms with Crippen LogP contribution in [-0.4, -0.2) is 29.6 Å². The molecule has 1 N–H and O–H groups in total. The van der Waals surface area contributed by atoms with Gasteiger partial charge in [-0.2, -0.15) is 0 Å². The molecule has 2 heterocycles. The van der Waals surface area contributed by atoms with Gasteiger partial charge < -0.3 is 10.1 Å². The first-order chi connectivity index (χ1) is 13.3. The third-order valence-corrected chi connectivity index (χ3v) is 4.84. The number of nitrogens with zero attached hydrogens (tertiary/aromatic N) is 2. The fraction of sp³-hybridized carbons (Fsp3) is 0.261. The number of rotatable bonds is 5. The summed E-state index contributed by atoms with van der Waals surface area (Å²) in [6.45, 7) is 5.61. The highest BCUT2D eigenvalue weighted by molar-refractivity contribution is 5.56. The molecule has 0 saturated carbocycles. The summed E-state index contributed by atoms with van der Waals surface area (Å²) in [5.41, 5.74) is 4.77. The van der Waals surface area contributed by atoms with Crippen LogP contribution >= 0.6 is 0 Å². The van der Waals surface area contributed by atoms with E-state index in [-0.39, 0.29) is 6.10 Å². The Hall–Kier alpha value is -2.69. The van der Waals surface area contributed by atoms with Crippen molar-refractivity contribution in [2.45, 2.75) is 19.6 Å². The van der Waals surface area contributed by atoms with Gasteiger partial charge in [-0.15, -0.1) is 0 Å². The zero-order chi connectivity index (χ0) is 18.5. The average molecular weight is 359 g/mol. The Morgan fingerprint density at radius 2 is 1.96 bits per heavy atom. The van der Waals surface area contributed by atoms with E-state index in [0.29, 0.717) is 0 Å². The van der Waals surface area contributed by atoms with E-state index in [1.54, 1.807) is 0 Å². The molecule has 1 aliphatic rings. The maximum Gasteiger partial charge on any atom is 0.130 e. The molecule has 0 radical (unpaired) electrons. The number of aromatic nitrogens is 1. The Morgan fingerprint density at radius 1 is 1.07 bits per heavy atom. The SMILES string of the molecule is Cc1cccc(Nc2ccc(CN3CCO[C@@H](c4ccccc4)C3)cn2)c1. The number of nitrogens with one attached hydrogen (secondary N) is 1. The second-order valence-electron chi connectivity index (χ2n) is 7.05. The highest BCUT2D eigenvalue weighted by Crippen LogP contribution is 2.23. The van der Waals surface area contributed by atoms with Crippen molar-refractivity contribution in [3.05, 3.63) is 89.6 Å². The average Bonchev–Trinajstić information content (AvgIpc) is 2.70. The van der Waals surface area contributed by atoms with Crippen molar-refractivity contribution >= 4 is 11.5 Å². The molecule has 4 heteroatoms. The minimum atomic E-state index is 0.148. The molecule has 0 unspecified atom stereocenters. The van der Waals surface area contributed by atoms with Gasteiger partial charge in [0.1, 0.15) is 5.82 Å². The largest absolute Gasteiger partial charge is 0.371 e. The normalized spacial score (nSPS) is 17.6. The summed E-state index contributed by atoms with van der Waals surface area (Å²) in [5.74, 6) is 0.869. The van der Waals surface area contributed by atoms with Gasteiger partial charge in [0.15, 0.2) is 0 Å². The third kappa shape index (κ3) is 4.73. The van der Waals surface area contributed by atoms with Gasteiger partial charge in [-0.05, 0) is 41.8 Å². The predicted molar refractivity (Wildman–Crippen MR) is 109 cm³/mol. The highest BCUT2D eigenvalue weighted by atomic mass is 16.5. The monoisotopic (exact) mass is 359 g/mol. The first-order valence-corrected chi connectivity index (χ1v) is 9.44. The molecule has 138 valence electrons. The van der Waals surface area contributed by atoms with E-state index < -0.39 is 0 Å². The fourth-order valence-electron chi connectivity index (χ4n) is 3.44. The molecule has 0 spiro atoms. The van der Waals surface area contributed by atoms with Crippen molar-refractivity contribution in [2.75, 3.05) is 25.0 Å². The lowest BCUT2D eigenvalue weighted by Gasteiger charge is -2.33. The lowest BCUT2D eigenvalue weighted by atomic mass is 10.1. The number of hydrogen-bond acceptors (Lipinski definition) is 4. The summed E-state index contributed by atoms with van der Waals surface area (Å²) in [6, 6.07) is 23.0. The first-order valence-electron chi connectivity index (χ1n) is 9.44. The van der Waals surface area contributed by atoms with Crippen LogP contribution in [0.1, 0.15) is 22.8 Å². The van der Waals surface area contributed by atoms with Crippen molar-refractivity contribution < 1.29 is 4.74 Å². The van der Waals surface area contributed by atoms with Gasteiger partial charge in [-0.3, -0.25) is 4.90 Å². The number of morpholine rings is 1. The number of aryl methyl sites for hydroxylation is 1. The molecular weight excluding hydrogens is 334 g/mol. The number of pyridine rings is 1. The fourth-order valence-corrected chi connectivity index (χ4v) is 3.44.